The molecule has 0 bridgehead atoms. The summed E-state index contributed by atoms with van der Waals surface area (Å²) in [4.78, 5) is 48.9. The van der Waals surface area contributed by atoms with Crippen molar-refractivity contribution in [2.75, 3.05) is 75.3 Å². The molecule has 7 N–H and O–H groups in total. The van der Waals surface area contributed by atoms with Gasteiger partial charge in [-0.15, -0.1) is 0 Å². The van der Waals surface area contributed by atoms with Crippen molar-refractivity contribution in [2.45, 2.75) is 62.6 Å². The molecule has 1 heterocycles. The molecule has 0 atom stereocenters. The average molecular weight is 1070 g/mol. The van der Waals surface area contributed by atoms with Crippen molar-refractivity contribution in [2.24, 2.45) is 5.73 Å². The van der Waals surface area contributed by atoms with Gasteiger partial charge in [-0.25, -0.2) is 14.6 Å². The molecule has 0 amide bonds. The zero-order chi connectivity index (χ0) is 54.6. The Morgan fingerprint density at radius 2 is 1.12 bits per heavy atom. The Labute approximate surface area is 443 Å². The standard InChI is InChI=1S/C17H16N2O4.C10H11NO6.C8H9NO4.C8H11NO.C7H16O3.3CH4/c1-22-12-5-3-11(4-6-12)9-19-10-18-14-8-16(23-2)15(20)7-13(14)17(19)21;1-15-8-4-6(10(12)17-3)7(11(13)14)5-9(8)16-2;1-13-7-3-5(9)4(8(11)12)2-6(7)10;1-10-8-4-2-7(6-9)3-5-8;1-4-8-7(9-5-2)10-6-3;;;/h3-8,10,20H,9H2,1-2H3;4-5H,1-3H3;2-3,10H,9H2,1H3,(H,11,12);2-5H,6,9H2,1H3;7H,4-6H2,1-3H3;3*1H4. The van der Waals surface area contributed by atoms with Crippen molar-refractivity contribution in [3.8, 4) is 46.0 Å². The van der Waals surface area contributed by atoms with Crippen LogP contribution >= 0.6 is 0 Å². The number of carbonyl (C=O) groups excluding carboxylic acids is 1. The van der Waals surface area contributed by atoms with E-state index in [0.717, 1.165) is 41.9 Å². The lowest BCUT2D eigenvalue weighted by Gasteiger charge is -2.15. The highest BCUT2D eigenvalue weighted by molar-refractivity contribution is 5.95. The fourth-order valence-electron chi connectivity index (χ4n) is 5.92. The van der Waals surface area contributed by atoms with Crippen molar-refractivity contribution >= 4 is 34.2 Å². The molecule has 23 heteroatoms. The third kappa shape index (κ3) is 21.2. The van der Waals surface area contributed by atoms with E-state index in [1.807, 2.05) is 69.3 Å². The zero-order valence-electron chi connectivity index (χ0n) is 42.2. The summed E-state index contributed by atoms with van der Waals surface area (Å²) in [6.07, 6.45) is 1.49. The van der Waals surface area contributed by atoms with Crippen LogP contribution in [0.5, 0.6) is 46.0 Å². The number of rotatable bonds is 18. The molecule has 0 aliphatic heterocycles. The lowest BCUT2D eigenvalue weighted by atomic mass is 10.1. The Hall–Kier alpha value is -8.38. The molecule has 6 aromatic rings. The van der Waals surface area contributed by atoms with Gasteiger partial charge in [0.25, 0.3) is 17.7 Å². The maximum absolute atomic E-state index is 12.6. The summed E-state index contributed by atoms with van der Waals surface area (Å²) in [5.74, 6) is 0.153. The predicted molar refractivity (Wildman–Crippen MR) is 290 cm³/mol. The van der Waals surface area contributed by atoms with E-state index in [1.54, 1.807) is 20.3 Å². The van der Waals surface area contributed by atoms with Crippen molar-refractivity contribution in [3.63, 3.8) is 0 Å². The first-order chi connectivity index (χ1) is 34.9. The number of nitrogens with zero attached hydrogens (tertiary/aromatic N) is 3. The van der Waals surface area contributed by atoms with E-state index in [1.165, 1.54) is 57.5 Å². The number of carboxylic acids is 1. The third-order valence-electron chi connectivity index (χ3n) is 9.62. The first-order valence-corrected chi connectivity index (χ1v) is 21.9. The van der Waals surface area contributed by atoms with E-state index in [4.69, 9.17) is 59.2 Å². The van der Waals surface area contributed by atoms with E-state index in [2.05, 4.69) is 9.72 Å². The van der Waals surface area contributed by atoms with Gasteiger partial charge in [-0.1, -0.05) is 46.5 Å². The number of phenolic OH excluding ortho intramolecular Hbond substituents is 2. The number of nitro groups is 1. The van der Waals surface area contributed by atoms with Crippen LogP contribution in [0.15, 0.2) is 96.1 Å². The quantitative estimate of drug-likeness (QED) is 0.0134. The fourth-order valence-corrected chi connectivity index (χ4v) is 5.92. The third-order valence-corrected chi connectivity index (χ3v) is 9.62. The number of hydrogen-bond donors (Lipinski definition) is 5. The second kappa shape index (κ2) is 36.5. The number of carbonyl (C=O) groups is 2. The van der Waals surface area contributed by atoms with Crippen molar-refractivity contribution in [1.29, 1.82) is 0 Å². The van der Waals surface area contributed by atoms with Gasteiger partial charge in [0.05, 0.1) is 95.8 Å². The highest BCUT2D eigenvalue weighted by atomic mass is 16.8. The molecule has 0 saturated carbocycles. The van der Waals surface area contributed by atoms with Crippen LogP contribution in [0.25, 0.3) is 10.9 Å². The minimum Gasteiger partial charge on any atom is -0.504 e. The van der Waals surface area contributed by atoms with E-state index >= 15 is 0 Å². The Balaban J connectivity index is 0. The van der Waals surface area contributed by atoms with Crippen LogP contribution in [0.1, 0.15) is 74.9 Å². The van der Waals surface area contributed by atoms with Crippen LogP contribution in [0, 0.1) is 10.1 Å². The average Bonchev–Trinajstić information content (AvgIpc) is 3.40. The summed E-state index contributed by atoms with van der Waals surface area (Å²) < 4.78 is 50.9. The van der Waals surface area contributed by atoms with Gasteiger partial charge in [-0.05, 0) is 62.2 Å². The molecule has 0 aliphatic carbocycles. The summed E-state index contributed by atoms with van der Waals surface area (Å²) in [5, 5.41) is 38.9. The molecule has 420 valence electrons. The number of nitrogen functional groups attached to an aromatic ring is 1. The van der Waals surface area contributed by atoms with Gasteiger partial charge in [-0.3, -0.25) is 19.5 Å². The Morgan fingerprint density at radius 3 is 1.54 bits per heavy atom. The van der Waals surface area contributed by atoms with Gasteiger partial charge >= 0.3 is 11.9 Å². The fraction of sp³-hybridized carbons (Fsp3) is 0.358. The number of ether oxygens (including phenoxy) is 10. The van der Waals surface area contributed by atoms with Crippen LogP contribution in [0.2, 0.25) is 0 Å². The first-order valence-electron chi connectivity index (χ1n) is 21.9. The maximum Gasteiger partial charge on any atom is 0.345 e. The molecule has 6 rings (SSSR count). The highest BCUT2D eigenvalue weighted by Crippen LogP contribution is 2.35. The number of aromatic nitrogens is 2. The number of nitro benzene ring substituents is 1. The molecule has 0 fully saturated rings. The van der Waals surface area contributed by atoms with Crippen LogP contribution < -0.4 is 45.4 Å². The summed E-state index contributed by atoms with van der Waals surface area (Å²) in [6, 6.07) is 22.8. The van der Waals surface area contributed by atoms with Crippen LogP contribution in [0.4, 0.5) is 11.4 Å². The number of hydrogen-bond acceptors (Lipinski definition) is 20. The van der Waals surface area contributed by atoms with Crippen molar-refractivity contribution < 1.29 is 77.2 Å². The molecule has 76 heavy (non-hydrogen) atoms. The number of phenols is 2. The molecule has 0 spiro atoms. The molecule has 0 radical (unpaired) electrons. The number of esters is 1. The summed E-state index contributed by atoms with van der Waals surface area (Å²) in [5.41, 5.74) is 12.5. The van der Waals surface area contributed by atoms with E-state index in [-0.39, 0.29) is 79.2 Å². The number of carboxylic acid groups (broad SMARTS) is 1. The Kier molecular flexibility index (Phi) is 33.5. The molecule has 0 unspecified atom stereocenters. The molecule has 5 aromatic carbocycles. The zero-order valence-corrected chi connectivity index (χ0v) is 42.2. The Bertz CT molecular complexity index is 2700. The second-order valence-corrected chi connectivity index (χ2v) is 14.2. The van der Waals surface area contributed by atoms with Gasteiger partial charge in [0.15, 0.2) is 34.5 Å². The minimum absolute atomic E-state index is 0. The molecular formula is C53H75N5O18. The number of aromatic hydroxyl groups is 2. The highest BCUT2D eigenvalue weighted by Gasteiger charge is 2.25. The van der Waals surface area contributed by atoms with E-state index in [9.17, 15) is 34.7 Å². The van der Waals surface area contributed by atoms with Crippen molar-refractivity contribution in [1.82, 2.24) is 9.55 Å². The smallest absolute Gasteiger partial charge is 0.345 e. The maximum atomic E-state index is 12.6. The van der Waals surface area contributed by atoms with Gasteiger partial charge in [0.2, 0.25) is 0 Å². The number of nitrogens with two attached hydrogens (primary N) is 2. The molecule has 23 nitrogen and oxygen atoms in total. The van der Waals surface area contributed by atoms with Crippen LogP contribution in [0.3, 0.4) is 0 Å². The monoisotopic (exact) mass is 1070 g/mol. The number of benzene rings is 5. The summed E-state index contributed by atoms with van der Waals surface area (Å²) in [6.45, 7) is 8.07. The normalized spacial score (nSPS) is 9.68. The number of methoxy groups -OCH3 is 7. The molecule has 0 saturated heterocycles. The topological polar surface area (TPSA) is 317 Å². The minimum atomic E-state index is -1.18. The largest absolute Gasteiger partial charge is 0.504 e. The SMILES string of the molecule is C.C.C.CCOC(OCC)OCC.COC(=O)c1cc(OC)c(OC)cc1[N+](=O)[O-].COc1cc(N)c(C(=O)O)cc1O.COc1ccc(CN)cc1.COc1ccc(Cn2cnc3cc(OC)c(O)cc3c2=O)cc1. The Morgan fingerprint density at radius 1 is 0.658 bits per heavy atom. The molecular weight excluding hydrogens is 995 g/mol. The predicted octanol–water partition coefficient (Wildman–Crippen LogP) is 8.69. The van der Waals surface area contributed by atoms with E-state index < -0.39 is 29.0 Å². The van der Waals surface area contributed by atoms with Crippen LogP contribution in [-0.2, 0) is 32.0 Å². The second-order valence-electron chi connectivity index (χ2n) is 14.2. The van der Waals surface area contributed by atoms with Crippen molar-refractivity contribution in [3.05, 3.63) is 134 Å². The number of fused-ring (bicyclic) bond motifs is 1. The summed E-state index contributed by atoms with van der Waals surface area (Å²) >= 11 is 0. The van der Waals surface area contributed by atoms with Gasteiger partial charge in [-0.2, -0.15) is 0 Å². The van der Waals surface area contributed by atoms with Crippen LogP contribution in [-0.4, -0.2) is 118 Å². The molecule has 1 aromatic heterocycles. The van der Waals surface area contributed by atoms with Gasteiger partial charge in [0, 0.05) is 50.6 Å². The first kappa shape index (κ1) is 69.7. The van der Waals surface area contributed by atoms with Gasteiger partial charge < -0.3 is 74.2 Å². The lowest BCUT2D eigenvalue weighted by Crippen LogP contribution is -2.21. The lowest BCUT2D eigenvalue weighted by molar-refractivity contribution is -0.385. The number of anilines is 1. The number of aromatic carboxylic acids is 1. The summed E-state index contributed by atoms with van der Waals surface area (Å²) in [7, 11) is 9.92. The molecule has 0 aliphatic rings. The van der Waals surface area contributed by atoms with Gasteiger partial charge in [0.1, 0.15) is 17.1 Å². The van der Waals surface area contributed by atoms with E-state index in [0.29, 0.717) is 43.8 Å².